The number of fused-ring (bicyclic) bond motifs is 6. The predicted molar refractivity (Wildman–Crippen MR) is 249 cm³/mol. The van der Waals surface area contributed by atoms with Crippen molar-refractivity contribution in [1.82, 2.24) is 15.0 Å². The molecule has 1 heterocycles. The Bertz CT molecular complexity index is 3420. The second-order valence-electron chi connectivity index (χ2n) is 15.1. The molecule has 0 N–H and O–H groups in total. The van der Waals surface area contributed by atoms with Crippen LogP contribution in [0.1, 0.15) is 0 Å². The Morgan fingerprint density at radius 2 is 0.733 bits per heavy atom. The molecule has 0 radical (unpaired) electrons. The van der Waals surface area contributed by atoms with E-state index < -0.39 is 0 Å². The molecule has 0 spiro atoms. The maximum Gasteiger partial charge on any atom is 0.187 e. The van der Waals surface area contributed by atoms with Gasteiger partial charge in [0.2, 0.25) is 0 Å². The van der Waals surface area contributed by atoms with Crippen molar-refractivity contribution >= 4 is 48.8 Å². The van der Waals surface area contributed by atoms with Crippen LogP contribution in [0.3, 0.4) is 0 Å². The van der Waals surface area contributed by atoms with Crippen LogP contribution in [0.25, 0.3) is 115 Å². The van der Waals surface area contributed by atoms with Gasteiger partial charge in [-0.05, 0) is 107 Å². The molecule has 0 fully saturated rings. The minimum atomic E-state index is 0.631. The second-order valence-corrected chi connectivity index (χ2v) is 15.1. The zero-order chi connectivity index (χ0) is 40.0. The molecule has 4 nitrogen and oxygen atoms in total. The first-order valence-electron chi connectivity index (χ1n) is 20.0. The summed E-state index contributed by atoms with van der Waals surface area (Å²) in [6, 6.07) is 72.3. The SMILES string of the molecule is [C-]#[N+]c1ccc2cc(-c3ccc(-c4cc5c6ccccc6c(-c6cccc(-c7nc(-c8ccccc8)nc(-c8ccccc8)n7)c6)cc5c5ccccc45)cc3)ccc2c1. The third kappa shape index (κ3) is 6.23. The highest BCUT2D eigenvalue weighted by molar-refractivity contribution is 6.24. The molecule has 0 aliphatic carbocycles. The third-order valence-electron chi connectivity index (χ3n) is 11.5. The van der Waals surface area contributed by atoms with Crippen molar-refractivity contribution < 1.29 is 0 Å². The van der Waals surface area contributed by atoms with Gasteiger partial charge in [0.15, 0.2) is 23.2 Å². The molecular weight excluding hydrogens is 729 g/mol. The molecule has 0 aliphatic rings. The van der Waals surface area contributed by atoms with E-state index in [1.54, 1.807) is 0 Å². The van der Waals surface area contributed by atoms with Crippen molar-refractivity contribution in [3.63, 3.8) is 0 Å². The largest absolute Gasteiger partial charge is 0.238 e. The van der Waals surface area contributed by atoms with E-state index in [2.05, 4.69) is 132 Å². The van der Waals surface area contributed by atoms with Gasteiger partial charge in [-0.15, -0.1) is 0 Å². The quantitative estimate of drug-likeness (QED) is 0.125. The van der Waals surface area contributed by atoms with Gasteiger partial charge < -0.3 is 0 Å². The lowest BCUT2D eigenvalue weighted by Gasteiger charge is -2.17. The summed E-state index contributed by atoms with van der Waals surface area (Å²) in [7, 11) is 0. The summed E-state index contributed by atoms with van der Waals surface area (Å²) >= 11 is 0. The Kier molecular flexibility index (Phi) is 8.50. The molecule has 0 aliphatic heterocycles. The maximum atomic E-state index is 7.37. The minimum absolute atomic E-state index is 0.631. The maximum absolute atomic E-state index is 7.37. The Morgan fingerprint density at radius 1 is 0.283 bits per heavy atom. The molecule has 0 atom stereocenters. The molecule has 0 bridgehead atoms. The summed E-state index contributed by atoms with van der Waals surface area (Å²) in [5, 5.41) is 9.44. The molecule has 11 aromatic rings. The molecule has 0 unspecified atom stereocenters. The van der Waals surface area contributed by atoms with Gasteiger partial charge in [0.1, 0.15) is 0 Å². The summed E-state index contributed by atoms with van der Waals surface area (Å²) in [4.78, 5) is 18.6. The summed E-state index contributed by atoms with van der Waals surface area (Å²) in [5.41, 5.74) is 10.4. The van der Waals surface area contributed by atoms with E-state index in [0.717, 1.165) is 49.7 Å². The molecule has 60 heavy (non-hydrogen) atoms. The molecule has 0 amide bonds. The minimum Gasteiger partial charge on any atom is -0.238 e. The van der Waals surface area contributed by atoms with Crippen LogP contribution in [0.15, 0.2) is 206 Å². The first-order valence-corrected chi connectivity index (χ1v) is 20.0. The molecule has 0 saturated carbocycles. The summed E-state index contributed by atoms with van der Waals surface area (Å²) in [6.45, 7) is 7.37. The highest BCUT2D eigenvalue weighted by Crippen LogP contribution is 2.43. The van der Waals surface area contributed by atoms with Crippen molar-refractivity contribution in [2.75, 3.05) is 0 Å². The van der Waals surface area contributed by atoms with E-state index in [1.807, 2.05) is 78.9 Å². The number of nitrogens with zero attached hydrogens (tertiary/aromatic N) is 4. The summed E-state index contributed by atoms with van der Waals surface area (Å²) in [6.07, 6.45) is 0. The van der Waals surface area contributed by atoms with E-state index in [0.29, 0.717) is 23.2 Å². The fourth-order valence-electron chi connectivity index (χ4n) is 8.52. The van der Waals surface area contributed by atoms with Crippen LogP contribution in [-0.2, 0) is 0 Å². The molecule has 278 valence electrons. The number of hydrogen-bond acceptors (Lipinski definition) is 3. The predicted octanol–water partition coefficient (Wildman–Crippen LogP) is 15.0. The van der Waals surface area contributed by atoms with Gasteiger partial charge in [-0.2, -0.15) is 0 Å². The third-order valence-corrected chi connectivity index (χ3v) is 11.5. The molecular formula is C56H34N4. The van der Waals surface area contributed by atoms with E-state index in [9.17, 15) is 0 Å². The van der Waals surface area contributed by atoms with Gasteiger partial charge in [-0.25, -0.2) is 19.8 Å². The van der Waals surface area contributed by atoms with Gasteiger partial charge in [0.05, 0.1) is 6.57 Å². The van der Waals surface area contributed by atoms with Crippen molar-refractivity contribution in [3.05, 3.63) is 218 Å². The first kappa shape index (κ1) is 34.9. The van der Waals surface area contributed by atoms with Gasteiger partial charge in [0, 0.05) is 16.7 Å². The lowest BCUT2D eigenvalue weighted by molar-refractivity contribution is 1.07. The van der Waals surface area contributed by atoms with Crippen molar-refractivity contribution in [2.45, 2.75) is 0 Å². The molecule has 10 aromatic carbocycles. The van der Waals surface area contributed by atoms with Crippen molar-refractivity contribution in [3.8, 4) is 67.5 Å². The van der Waals surface area contributed by atoms with Gasteiger partial charge >= 0.3 is 0 Å². The number of hydrogen-bond donors (Lipinski definition) is 0. The number of aromatic nitrogens is 3. The average molecular weight is 763 g/mol. The van der Waals surface area contributed by atoms with E-state index in [-0.39, 0.29) is 0 Å². The lowest BCUT2D eigenvalue weighted by atomic mass is 9.87. The van der Waals surface area contributed by atoms with Crippen LogP contribution in [-0.4, -0.2) is 15.0 Å². The summed E-state index contributed by atoms with van der Waals surface area (Å²) < 4.78 is 0. The summed E-state index contributed by atoms with van der Waals surface area (Å²) in [5.74, 6) is 1.92. The number of rotatable bonds is 6. The molecule has 11 rings (SSSR count). The molecule has 4 heteroatoms. The second kappa shape index (κ2) is 14.6. The lowest BCUT2D eigenvalue weighted by Crippen LogP contribution is -2.00. The van der Waals surface area contributed by atoms with Crippen LogP contribution in [0, 0.1) is 6.57 Å². The normalized spacial score (nSPS) is 11.3. The first-order chi connectivity index (χ1) is 29.7. The highest BCUT2D eigenvalue weighted by atomic mass is 15.0. The van der Waals surface area contributed by atoms with Crippen molar-refractivity contribution in [1.29, 1.82) is 0 Å². The van der Waals surface area contributed by atoms with Crippen LogP contribution in [0.2, 0.25) is 0 Å². The zero-order valence-corrected chi connectivity index (χ0v) is 32.4. The fraction of sp³-hybridized carbons (Fsp3) is 0. The monoisotopic (exact) mass is 762 g/mol. The van der Waals surface area contributed by atoms with Crippen molar-refractivity contribution in [2.24, 2.45) is 0 Å². The Labute approximate surface area is 347 Å². The fourth-order valence-corrected chi connectivity index (χ4v) is 8.52. The number of benzene rings is 10. The average Bonchev–Trinajstić information content (AvgIpc) is 3.33. The highest BCUT2D eigenvalue weighted by Gasteiger charge is 2.17. The Hall–Kier alpha value is -8.26. The molecule has 0 saturated heterocycles. The molecule has 1 aromatic heterocycles. The van der Waals surface area contributed by atoms with Crippen LogP contribution in [0.4, 0.5) is 5.69 Å². The zero-order valence-electron chi connectivity index (χ0n) is 32.4. The van der Waals surface area contributed by atoms with Crippen LogP contribution >= 0.6 is 0 Å². The topological polar surface area (TPSA) is 43.0 Å². The van der Waals surface area contributed by atoms with E-state index >= 15 is 0 Å². The van der Waals surface area contributed by atoms with Gasteiger partial charge in [-0.1, -0.05) is 176 Å². The Balaban J connectivity index is 1.03. The van der Waals surface area contributed by atoms with E-state index in [1.165, 1.54) is 43.4 Å². The van der Waals surface area contributed by atoms with E-state index in [4.69, 9.17) is 21.5 Å². The van der Waals surface area contributed by atoms with Crippen LogP contribution < -0.4 is 0 Å². The standard InChI is InChI=1S/C56H34N4/c1-57-45-30-29-41-31-40(27-28-42(41)33-45)36-23-25-37(26-24-36)50-34-52-49-22-11-9-20-47(49)51(35-53(52)48-21-10-8-19-46(48)50)43-17-12-18-44(32-43)56-59-54(38-13-4-2-5-14-38)58-55(60-56)39-15-6-3-7-16-39/h2-35H. The van der Waals surface area contributed by atoms with Crippen LogP contribution in [0.5, 0.6) is 0 Å². The Morgan fingerprint density at radius 3 is 1.33 bits per heavy atom. The smallest absolute Gasteiger partial charge is 0.187 e. The van der Waals surface area contributed by atoms with Gasteiger partial charge in [0.25, 0.3) is 0 Å². The van der Waals surface area contributed by atoms with Gasteiger partial charge in [-0.3, -0.25) is 0 Å².